The van der Waals surface area contributed by atoms with Crippen LogP contribution in [0.2, 0.25) is 0 Å². The van der Waals surface area contributed by atoms with E-state index in [1.165, 1.54) is 27.7 Å². The lowest BCUT2D eigenvalue weighted by Crippen LogP contribution is -2.32. The molecule has 0 unspecified atom stereocenters. The monoisotopic (exact) mass is 396 g/mol. The second-order valence-corrected chi connectivity index (χ2v) is 7.76. The average Bonchev–Trinajstić information content (AvgIpc) is 2.94. The van der Waals surface area contributed by atoms with Crippen LogP contribution in [0.15, 0.2) is 48.5 Å². The Morgan fingerprint density at radius 2 is 1.79 bits per heavy atom. The van der Waals surface area contributed by atoms with Crippen LogP contribution in [0.4, 0.5) is 0 Å². The number of benzene rings is 2. The number of aryl methyl sites for hydroxylation is 1. The average molecular weight is 397 g/mol. The minimum absolute atomic E-state index is 0.142. The van der Waals surface area contributed by atoms with Gasteiger partial charge in [0, 0.05) is 42.7 Å². The lowest BCUT2D eigenvalue weighted by Gasteiger charge is -2.22. The molecule has 1 atom stereocenters. The lowest BCUT2D eigenvalue weighted by atomic mass is 10.2. The molecule has 3 aromatic rings. The maximum atomic E-state index is 10.7. The summed E-state index contributed by atoms with van der Waals surface area (Å²) in [6.45, 7) is 6.87. The zero-order valence-electron chi connectivity index (χ0n) is 17.6. The fourth-order valence-corrected chi connectivity index (χ4v) is 3.79. The van der Waals surface area contributed by atoms with E-state index in [1.54, 1.807) is 0 Å². The number of hydrogen-bond donors (Lipinski definition) is 2. The molecule has 0 saturated heterocycles. The van der Waals surface area contributed by atoms with Crippen molar-refractivity contribution in [1.82, 2.24) is 9.47 Å². The highest BCUT2D eigenvalue weighted by atomic mass is 16.5. The Hall–Kier alpha value is -2.34. The van der Waals surface area contributed by atoms with Gasteiger partial charge in [0.2, 0.25) is 0 Å². The number of fused-ring (bicyclic) bond motifs is 1. The number of rotatable bonds is 10. The Kier molecular flexibility index (Phi) is 7.31. The van der Waals surface area contributed by atoms with Crippen LogP contribution in [0, 0.1) is 13.8 Å². The van der Waals surface area contributed by atoms with Gasteiger partial charge in [0.1, 0.15) is 5.75 Å². The van der Waals surface area contributed by atoms with E-state index in [2.05, 4.69) is 41.5 Å². The molecule has 2 N–H and O–H groups in total. The Balaban J connectivity index is 1.56. The zero-order chi connectivity index (χ0) is 20.8. The molecule has 0 saturated carbocycles. The molecule has 5 nitrogen and oxygen atoms in total. The molecule has 29 heavy (non-hydrogen) atoms. The van der Waals surface area contributed by atoms with Crippen LogP contribution >= 0.6 is 0 Å². The number of nitrogens with zero attached hydrogens (tertiary/aromatic N) is 2. The van der Waals surface area contributed by atoms with Crippen LogP contribution in [-0.2, 0) is 13.1 Å². The lowest BCUT2D eigenvalue weighted by molar-refractivity contribution is 0.108. The van der Waals surface area contributed by atoms with Crippen LogP contribution < -0.4 is 4.74 Å². The van der Waals surface area contributed by atoms with Crippen molar-refractivity contribution in [2.45, 2.75) is 39.5 Å². The van der Waals surface area contributed by atoms with Crippen LogP contribution in [-0.4, -0.2) is 52.6 Å². The number of aliphatic hydroxyl groups is 2. The van der Waals surface area contributed by atoms with Crippen molar-refractivity contribution in [2.24, 2.45) is 0 Å². The van der Waals surface area contributed by atoms with Crippen LogP contribution in [0.3, 0.4) is 0 Å². The third-order valence-corrected chi connectivity index (χ3v) is 5.41. The van der Waals surface area contributed by atoms with E-state index in [4.69, 9.17) is 9.84 Å². The van der Waals surface area contributed by atoms with Crippen molar-refractivity contribution in [2.75, 3.05) is 26.8 Å². The number of aliphatic hydroxyl groups excluding tert-OH is 2. The summed E-state index contributed by atoms with van der Waals surface area (Å²) in [5.41, 5.74) is 4.85. The minimum Gasteiger partial charge on any atom is -0.494 e. The van der Waals surface area contributed by atoms with E-state index < -0.39 is 6.10 Å². The minimum atomic E-state index is -0.449. The summed E-state index contributed by atoms with van der Waals surface area (Å²) in [5, 5.41) is 20.8. The third-order valence-electron chi connectivity index (χ3n) is 5.41. The molecule has 0 bridgehead atoms. The normalized spacial score (nSPS) is 12.6. The highest BCUT2D eigenvalue weighted by molar-refractivity contribution is 5.85. The standard InChI is InChI=1S/C24H32N2O3/c1-18-19(2)26(24-8-5-4-7-23(18)24)17-21(28)16-25(3)15-20-9-11-22(12-10-20)29-14-6-13-27/h4-5,7-12,21,27-28H,6,13-17H2,1-3H3/t21-/m0/s1. The smallest absolute Gasteiger partial charge is 0.119 e. The predicted octanol–water partition coefficient (Wildman–Crippen LogP) is 3.51. The molecular weight excluding hydrogens is 364 g/mol. The van der Waals surface area contributed by atoms with Gasteiger partial charge in [0.05, 0.1) is 19.3 Å². The largest absolute Gasteiger partial charge is 0.494 e. The van der Waals surface area contributed by atoms with Crippen molar-refractivity contribution >= 4 is 10.9 Å². The van der Waals surface area contributed by atoms with Gasteiger partial charge in [0.25, 0.3) is 0 Å². The third kappa shape index (κ3) is 5.38. The second-order valence-electron chi connectivity index (χ2n) is 7.76. The molecule has 0 fully saturated rings. The molecule has 2 aromatic carbocycles. The van der Waals surface area contributed by atoms with Crippen molar-refractivity contribution in [1.29, 1.82) is 0 Å². The van der Waals surface area contributed by atoms with Crippen LogP contribution in [0.25, 0.3) is 10.9 Å². The van der Waals surface area contributed by atoms with E-state index >= 15 is 0 Å². The Morgan fingerprint density at radius 3 is 2.52 bits per heavy atom. The molecule has 0 aliphatic heterocycles. The summed E-state index contributed by atoms with van der Waals surface area (Å²) in [5.74, 6) is 0.815. The quantitative estimate of drug-likeness (QED) is 0.515. The summed E-state index contributed by atoms with van der Waals surface area (Å²) >= 11 is 0. The zero-order valence-corrected chi connectivity index (χ0v) is 17.6. The highest BCUT2D eigenvalue weighted by Gasteiger charge is 2.15. The SMILES string of the molecule is Cc1c(C)n(C[C@@H](O)CN(C)Cc2ccc(OCCCO)cc2)c2ccccc12. The van der Waals surface area contributed by atoms with Crippen LogP contribution in [0.5, 0.6) is 5.75 Å². The Bertz CT molecular complexity index is 918. The van der Waals surface area contributed by atoms with Gasteiger partial charge in [-0.3, -0.25) is 4.90 Å². The summed E-state index contributed by atoms with van der Waals surface area (Å²) in [6, 6.07) is 16.4. The van der Waals surface area contributed by atoms with Gasteiger partial charge < -0.3 is 19.5 Å². The van der Waals surface area contributed by atoms with Gasteiger partial charge in [-0.15, -0.1) is 0 Å². The number of ether oxygens (including phenoxy) is 1. The molecule has 0 aliphatic rings. The van der Waals surface area contributed by atoms with E-state index in [0.717, 1.165) is 12.3 Å². The molecule has 0 radical (unpaired) electrons. The molecule has 0 aliphatic carbocycles. The fraction of sp³-hybridized carbons (Fsp3) is 0.417. The van der Waals surface area contributed by atoms with Gasteiger partial charge in [-0.05, 0) is 50.2 Å². The van der Waals surface area contributed by atoms with Gasteiger partial charge in [-0.1, -0.05) is 30.3 Å². The Labute approximate surface area is 173 Å². The van der Waals surface area contributed by atoms with Crippen molar-refractivity contribution in [3.63, 3.8) is 0 Å². The van der Waals surface area contributed by atoms with E-state index in [0.29, 0.717) is 26.1 Å². The van der Waals surface area contributed by atoms with Gasteiger partial charge >= 0.3 is 0 Å². The summed E-state index contributed by atoms with van der Waals surface area (Å²) < 4.78 is 7.79. The number of aromatic nitrogens is 1. The van der Waals surface area contributed by atoms with Crippen molar-refractivity contribution in [3.05, 3.63) is 65.4 Å². The van der Waals surface area contributed by atoms with E-state index in [1.807, 2.05) is 37.4 Å². The summed E-state index contributed by atoms with van der Waals surface area (Å²) in [4.78, 5) is 2.14. The summed E-state index contributed by atoms with van der Waals surface area (Å²) in [6.07, 6.45) is 0.188. The molecule has 5 heteroatoms. The van der Waals surface area contributed by atoms with Crippen LogP contribution in [0.1, 0.15) is 23.2 Å². The maximum Gasteiger partial charge on any atom is 0.119 e. The Morgan fingerprint density at radius 1 is 1.07 bits per heavy atom. The highest BCUT2D eigenvalue weighted by Crippen LogP contribution is 2.25. The first-order valence-corrected chi connectivity index (χ1v) is 10.2. The maximum absolute atomic E-state index is 10.7. The second kappa shape index (κ2) is 9.92. The van der Waals surface area contributed by atoms with E-state index in [-0.39, 0.29) is 6.61 Å². The van der Waals surface area contributed by atoms with Gasteiger partial charge in [-0.25, -0.2) is 0 Å². The number of likely N-dealkylation sites (N-methyl/N-ethyl adjacent to an activating group) is 1. The first-order chi connectivity index (χ1) is 14.0. The first kappa shape index (κ1) is 21.4. The molecule has 156 valence electrons. The van der Waals surface area contributed by atoms with Gasteiger partial charge in [-0.2, -0.15) is 0 Å². The summed E-state index contributed by atoms with van der Waals surface area (Å²) in [7, 11) is 2.03. The molecule has 1 aromatic heterocycles. The molecular formula is C24H32N2O3. The number of hydrogen-bond acceptors (Lipinski definition) is 4. The van der Waals surface area contributed by atoms with Crippen molar-refractivity contribution in [3.8, 4) is 5.75 Å². The first-order valence-electron chi connectivity index (χ1n) is 10.2. The molecule has 0 amide bonds. The molecule has 3 rings (SSSR count). The van der Waals surface area contributed by atoms with E-state index in [9.17, 15) is 5.11 Å². The molecule has 1 heterocycles. The predicted molar refractivity (Wildman–Crippen MR) is 117 cm³/mol. The topological polar surface area (TPSA) is 57.9 Å². The van der Waals surface area contributed by atoms with Crippen molar-refractivity contribution < 1.29 is 14.9 Å². The molecule has 0 spiro atoms. The fourth-order valence-electron chi connectivity index (χ4n) is 3.79. The van der Waals surface area contributed by atoms with Gasteiger partial charge in [0.15, 0.2) is 0 Å². The number of para-hydroxylation sites is 1.